The Bertz CT molecular complexity index is 422. The molecule has 0 saturated carbocycles. The van der Waals surface area contributed by atoms with E-state index >= 15 is 0 Å². The number of nitrogens with two attached hydrogens (primary N) is 1. The Morgan fingerprint density at radius 2 is 2.06 bits per heavy atom. The topological polar surface area (TPSA) is 42.2 Å². The first-order chi connectivity index (χ1) is 7.99. The predicted molar refractivity (Wildman–Crippen MR) is 63.8 cm³/mol. The first-order valence-corrected chi connectivity index (χ1v) is 5.87. The van der Waals surface area contributed by atoms with Crippen molar-refractivity contribution in [1.29, 1.82) is 0 Å². The molecule has 0 amide bonds. The minimum atomic E-state index is -0.802. The van der Waals surface area contributed by atoms with Gasteiger partial charge in [-0.3, -0.25) is 0 Å². The summed E-state index contributed by atoms with van der Waals surface area (Å²) in [5, 5.41) is 0. The summed E-state index contributed by atoms with van der Waals surface area (Å²) in [6.45, 7) is 4.93. The molecule has 2 unspecified atom stereocenters. The van der Waals surface area contributed by atoms with Crippen LogP contribution < -0.4 is 10.6 Å². The predicted octanol–water partition coefficient (Wildman–Crippen LogP) is 2.57. The van der Waals surface area contributed by atoms with Gasteiger partial charge in [0, 0.05) is 18.7 Å². The Labute approximate surface area is 99.6 Å². The molecule has 0 aromatic carbocycles. The fourth-order valence-electron chi connectivity index (χ4n) is 2.39. The van der Waals surface area contributed by atoms with Crippen LogP contribution in [0.3, 0.4) is 0 Å². The number of nitrogens with zero attached hydrogens (tertiary/aromatic N) is 2. The van der Waals surface area contributed by atoms with Gasteiger partial charge in [0.2, 0.25) is 0 Å². The monoisotopic (exact) mass is 241 g/mol. The molecule has 0 radical (unpaired) electrons. The lowest BCUT2D eigenvalue weighted by Gasteiger charge is -2.37. The van der Waals surface area contributed by atoms with Crippen molar-refractivity contribution >= 4 is 11.6 Å². The van der Waals surface area contributed by atoms with Crippen LogP contribution in [0.2, 0.25) is 0 Å². The Morgan fingerprint density at radius 3 is 2.71 bits per heavy atom. The van der Waals surface area contributed by atoms with Gasteiger partial charge in [0.05, 0.1) is 0 Å². The van der Waals surface area contributed by atoms with E-state index in [1.807, 2.05) is 11.8 Å². The van der Waals surface area contributed by atoms with E-state index in [2.05, 4.69) is 11.9 Å². The lowest BCUT2D eigenvalue weighted by atomic mass is 9.93. The SMILES string of the molecule is CC1CCN(c2nc(N)c(F)cc2F)C(C)C1. The Balaban J connectivity index is 2.31. The van der Waals surface area contributed by atoms with Crippen molar-refractivity contribution in [3.8, 4) is 0 Å². The number of nitrogen functional groups attached to an aromatic ring is 1. The lowest BCUT2D eigenvalue weighted by molar-refractivity contribution is 0.372. The maximum atomic E-state index is 13.7. The van der Waals surface area contributed by atoms with Crippen LogP contribution in [0.5, 0.6) is 0 Å². The number of aromatic nitrogens is 1. The summed E-state index contributed by atoms with van der Waals surface area (Å²) in [5.74, 6) is -0.889. The van der Waals surface area contributed by atoms with Gasteiger partial charge in [-0.1, -0.05) is 6.92 Å². The molecule has 0 aliphatic carbocycles. The van der Waals surface area contributed by atoms with E-state index in [0.717, 1.165) is 25.5 Å². The van der Waals surface area contributed by atoms with Gasteiger partial charge in [0.15, 0.2) is 23.3 Å². The summed E-state index contributed by atoms with van der Waals surface area (Å²) in [5.41, 5.74) is 5.39. The molecule has 1 aliphatic heterocycles. The Kier molecular flexibility index (Phi) is 3.17. The van der Waals surface area contributed by atoms with Gasteiger partial charge < -0.3 is 10.6 Å². The van der Waals surface area contributed by atoms with Crippen LogP contribution in [-0.4, -0.2) is 17.6 Å². The van der Waals surface area contributed by atoms with Crippen molar-refractivity contribution in [2.24, 2.45) is 5.92 Å². The van der Waals surface area contributed by atoms with E-state index in [-0.39, 0.29) is 17.7 Å². The van der Waals surface area contributed by atoms with Crippen LogP contribution in [0.15, 0.2) is 6.07 Å². The summed E-state index contributed by atoms with van der Waals surface area (Å²) in [7, 11) is 0. The van der Waals surface area contributed by atoms with E-state index in [9.17, 15) is 8.78 Å². The second-order valence-electron chi connectivity index (χ2n) is 4.83. The van der Waals surface area contributed by atoms with E-state index < -0.39 is 11.6 Å². The van der Waals surface area contributed by atoms with Crippen LogP contribution in [0, 0.1) is 17.6 Å². The number of halogens is 2. The zero-order chi connectivity index (χ0) is 12.6. The molecule has 1 aromatic rings. The third-order valence-corrected chi connectivity index (χ3v) is 3.35. The normalized spacial score (nSPS) is 25.1. The number of hydrogen-bond donors (Lipinski definition) is 1. The third-order valence-electron chi connectivity index (χ3n) is 3.35. The van der Waals surface area contributed by atoms with Gasteiger partial charge in [-0.25, -0.2) is 13.8 Å². The molecule has 1 fully saturated rings. The average molecular weight is 241 g/mol. The standard InChI is InChI=1S/C12H17F2N3/c1-7-3-4-17(8(2)5-7)12-10(14)6-9(13)11(15)16-12/h6-8H,3-5H2,1-2H3,(H2,15,16). The van der Waals surface area contributed by atoms with E-state index in [0.29, 0.717) is 5.92 Å². The first-order valence-electron chi connectivity index (χ1n) is 5.87. The fraction of sp³-hybridized carbons (Fsp3) is 0.583. The molecule has 0 bridgehead atoms. The largest absolute Gasteiger partial charge is 0.381 e. The first kappa shape index (κ1) is 12.1. The van der Waals surface area contributed by atoms with Crippen molar-refractivity contribution in [3.05, 3.63) is 17.7 Å². The van der Waals surface area contributed by atoms with Gasteiger partial charge >= 0.3 is 0 Å². The minimum Gasteiger partial charge on any atom is -0.381 e. The number of pyridine rings is 1. The van der Waals surface area contributed by atoms with Crippen LogP contribution in [0.1, 0.15) is 26.7 Å². The molecule has 1 aromatic heterocycles. The van der Waals surface area contributed by atoms with Crippen molar-refractivity contribution in [2.75, 3.05) is 17.2 Å². The molecule has 94 valence electrons. The highest BCUT2D eigenvalue weighted by Gasteiger charge is 2.26. The molecule has 2 heterocycles. The molecule has 3 nitrogen and oxygen atoms in total. The molecule has 17 heavy (non-hydrogen) atoms. The van der Waals surface area contributed by atoms with Crippen LogP contribution in [-0.2, 0) is 0 Å². The van der Waals surface area contributed by atoms with Crippen molar-refractivity contribution in [3.63, 3.8) is 0 Å². The summed E-state index contributed by atoms with van der Waals surface area (Å²) in [4.78, 5) is 5.69. The lowest BCUT2D eigenvalue weighted by Crippen LogP contribution is -2.41. The summed E-state index contributed by atoms with van der Waals surface area (Å²) in [6.07, 6.45) is 1.97. The Hall–Kier alpha value is -1.39. The van der Waals surface area contributed by atoms with Crippen LogP contribution in [0.25, 0.3) is 0 Å². The van der Waals surface area contributed by atoms with Gasteiger partial charge in [-0.15, -0.1) is 0 Å². The second-order valence-corrected chi connectivity index (χ2v) is 4.83. The quantitative estimate of drug-likeness (QED) is 0.821. The zero-order valence-electron chi connectivity index (χ0n) is 10.1. The number of rotatable bonds is 1. The third kappa shape index (κ3) is 2.33. The van der Waals surface area contributed by atoms with Gasteiger partial charge in [-0.05, 0) is 25.7 Å². The molecule has 1 aliphatic rings. The number of hydrogen-bond acceptors (Lipinski definition) is 3. The average Bonchev–Trinajstić information content (AvgIpc) is 2.24. The summed E-state index contributed by atoms with van der Waals surface area (Å²) < 4.78 is 26.7. The van der Waals surface area contributed by atoms with E-state index in [1.165, 1.54) is 0 Å². The highest BCUT2D eigenvalue weighted by Crippen LogP contribution is 2.29. The molecule has 2 atom stereocenters. The maximum absolute atomic E-state index is 13.7. The summed E-state index contributed by atoms with van der Waals surface area (Å²) in [6, 6.07) is 1.01. The molecule has 0 spiro atoms. The maximum Gasteiger partial charge on any atom is 0.168 e. The van der Waals surface area contributed by atoms with E-state index in [4.69, 9.17) is 5.73 Å². The summed E-state index contributed by atoms with van der Waals surface area (Å²) >= 11 is 0. The molecular weight excluding hydrogens is 224 g/mol. The van der Waals surface area contributed by atoms with E-state index in [1.54, 1.807) is 0 Å². The smallest absolute Gasteiger partial charge is 0.168 e. The fourth-order valence-corrected chi connectivity index (χ4v) is 2.39. The van der Waals surface area contributed by atoms with Crippen LogP contribution in [0.4, 0.5) is 20.4 Å². The highest BCUT2D eigenvalue weighted by atomic mass is 19.1. The van der Waals surface area contributed by atoms with Crippen molar-refractivity contribution < 1.29 is 8.78 Å². The Morgan fingerprint density at radius 1 is 1.35 bits per heavy atom. The molecule has 2 rings (SSSR count). The van der Waals surface area contributed by atoms with Gasteiger partial charge in [0.25, 0.3) is 0 Å². The zero-order valence-corrected chi connectivity index (χ0v) is 10.1. The van der Waals surface area contributed by atoms with Crippen molar-refractivity contribution in [1.82, 2.24) is 4.98 Å². The second kappa shape index (κ2) is 4.47. The minimum absolute atomic E-state index is 0.170. The molecule has 2 N–H and O–H groups in total. The van der Waals surface area contributed by atoms with Crippen LogP contribution >= 0.6 is 0 Å². The number of anilines is 2. The van der Waals surface area contributed by atoms with Gasteiger partial charge in [-0.2, -0.15) is 0 Å². The molecule has 1 saturated heterocycles. The number of piperidine rings is 1. The molecular formula is C12H17F2N3. The molecule has 5 heteroatoms. The van der Waals surface area contributed by atoms with Crippen molar-refractivity contribution in [2.45, 2.75) is 32.7 Å². The highest BCUT2D eigenvalue weighted by molar-refractivity contribution is 5.48. The van der Waals surface area contributed by atoms with Gasteiger partial charge in [0.1, 0.15) is 0 Å².